The molecule has 1 aliphatic heterocycles. The highest BCUT2D eigenvalue weighted by Crippen LogP contribution is 2.21. The number of nitrogens with one attached hydrogen (secondary N) is 1. The van der Waals surface area contributed by atoms with E-state index in [4.69, 9.17) is 5.73 Å². The van der Waals surface area contributed by atoms with Gasteiger partial charge in [0.05, 0.1) is 6.54 Å². The number of halogens is 1. The summed E-state index contributed by atoms with van der Waals surface area (Å²) in [4.78, 5) is 18.1. The zero-order valence-electron chi connectivity index (χ0n) is 13.9. The van der Waals surface area contributed by atoms with Crippen LogP contribution in [0, 0.1) is 5.92 Å². The van der Waals surface area contributed by atoms with Crippen LogP contribution in [0.4, 0.5) is 5.69 Å². The molecule has 0 bridgehead atoms. The molecule has 0 aliphatic carbocycles. The Balaban J connectivity index is 0.00000264. The highest BCUT2D eigenvalue weighted by molar-refractivity contribution is 14.0. The minimum absolute atomic E-state index is 0. The first-order valence-electron chi connectivity index (χ1n) is 7.99. The van der Waals surface area contributed by atoms with E-state index in [1.54, 1.807) is 0 Å². The molecule has 0 radical (unpaired) electrons. The normalized spacial score (nSPS) is 15.5. The number of anilines is 1. The van der Waals surface area contributed by atoms with Crippen molar-refractivity contribution in [3.05, 3.63) is 29.8 Å². The molecule has 1 heterocycles. The van der Waals surface area contributed by atoms with Crippen LogP contribution in [0.2, 0.25) is 0 Å². The molecule has 128 valence electrons. The van der Waals surface area contributed by atoms with E-state index in [0.717, 1.165) is 37.2 Å². The lowest BCUT2D eigenvalue weighted by Gasteiger charge is -2.26. The molecular weight excluding hydrogens is 403 g/mol. The van der Waals surface area contributed by atoms with Crippen molar-refractivity contribution in [1.82, 2.24) is 5.32 Å². The molecule has 0 spiro atoms. The van der Waals surface area contributed by atoms with Crippen LogP contribution in [0.15, 0.2) is 29.3 Å². The minimum Gasteiger partial charge on any atom is -0.370 e. The predicted octanol–water partition coefficient (Wildman–Crippen LogP) is 2.88. The Kier molecular flexibility index (Phi) is 8.36. The summed E-state index contributed by atoms with van der Waals surface area (Å²) in [5, 5.41) is 3.10. The number of hydrogen-bond donors (Lipinski definition) is 2. The number of carbonyl (C=O) groups is 1. The van der Waals surface area contributed by atoms with Crippen molar-refractivity contribution < 1.29 is 4.79 Å². The Labute approximate surface area is 155 Å². The van der Waals surface area contributed by atoms with Crippen molar-refractivity contribution in [2.45, 2.75) is 39.7 Å². The van der Waals surface area contributed by atoms with E-state index < -0.39 is 0 Å². The topological polar surface area (TPSA) is 70.7 Å². The zero-order chi connectivity index (χ0) is 15.9. The molecule has 0 aromatic heterocycles. The smallest absolute Gasteiger partial charge is 0.226 e. The summed E-state index contributed by atoms with van der Waals surface area (Å²) < 4.78 is 0. The number of nitrogens with two attached hydrogens (primary N) is 1. The molecule has 0 saturated carbocycles. The molecule has 1 fully saturated rings. The van der Waals surface area contributed by atoms with Crippen LogP contribution in [0.5, 0.6) is 0 Å². The van der Waals surface area contributed by atoms with Gasteiger partial charge in [0.2, 0.25) is 5.91 Å². The Morgan fingerprint density at radius 1 is 1.30 bits per heavy atom. The minimum atomic E-state index is 0. The van der Waals surface area contributed by atoms with Gasteiger partial charge < -0.3 is 16.0 Å². The number of rotatable bonds is 5. The first kappa shape index (κ1) is 19.7. The van der Waals surface area contributed by atoms with Crippen molar-refractivity contribution in [3.63, 3.8) is 0 Å². The van der Waals surface area contributed by atoms with Gasteiger partial charge in [-0.1, -0.05) is 26.0 Å². The highest BCUT2D eigenvalue weighted by atomic mass is 127. The summed E-state index contributed by atoms with van der Waals surface area (Å²) >= 11 is 0. The van der Waals surface area contributed by atoms with Crippen molar-refractivity contribution >= 4 is 41.5 Å². The highest BCUT2D eigenvalue weighted by Gasteiger charge is 2.19. The van der Waals surface area contributed by atoms with Crippen molar-refractivity contribution in [1.29, 1.82) is 0 Å². The molecule has 5 nitrogen and oxygen atoms in total. The molecule has 23 heavy (non-hydrogen) atoms. The van der Waals surface area contributed by atoms with Crippen LogP contribution in [-0.2, 0) is 11.3 Å². The van der Waals surface area contributed by atoms with Gasteiger partial charge in [0.25, 0.3) is 0 Å². The summed E-state index contributed by atoms with van der Waals surface area (Å²) in [6.45, 7) is 6.45. The summed E-state index contributed by atoms with van der Waals surface area (Å²) in [5.74, 6) is 1.23. The van der Waals surface area contributed by atoms with Crippen LogP contribution in [-0.4, -0.2) is 25.0 Å². The van der Waals surface area contributed by atoms with Gasteiger partial charge in [-0.05, 0) is 36.5 Å². The van der Waals surface area contributed by atoms with E-state index in [-0.39, 0.29) is 29.9 Å². The number of benzene rings is 1. The van der Waals surface area contributed by atoms with Crippen LogP contribution < -0.4 is 16.0 Å². The predicted molar refractivity (Wildman–Crippen MR) is 106 cm³/mol. The lowest BCUT2D eigenvalue weighted by atomic mass is 10.1. The molecule has 1 amide bonds. The summed E-state index contributed by atoms with van der Waals surface area (Å²) in [6.07, 6.45) is 2.74. The molecule has 1 aromatic rings. The third-order valence-corrected chi connectivity index (χ3v) is 3.69. The maximum absolute atomic E-state index is 11.9. The second kappa shape index (κ2) is 9.75. The van der Waals surface area contributed by atoms with E-state index in [9.17, 15) is 4.79 Å². The Morgan fingerprint density at radius 3 is 2.61 bits per heavy atom. The summed E-state index contributed by atoms with van der Waals surface area (Å²) in [5.41, 5.74) is 7.88. The number of nitrogens with zero attached hydrogens (tertiary/aromatic N) is 2. The molecule has 1 aromatic carbocycles. The number of guanidine groups is 1. The first-order chi connectivity index (χ1) is 10.6. The van der Waals surface area contributed by atoms with E-state index >= 15 is 0 Å². The molecule has 1 saturated heterocycles. The van der Waals surface area contributed by atoms with E-state index in [1.807, 2.05) is 29.2 Å². The second-order valence-corrected chi connectivity index (χ2v) is 6.15. The van der Waals surface area contributed by atoms with Gasteiger partial charge in [-0.25, -0.2) is 4.99 Å². The van der Waals surface area contributed by atoms with Gasteiger partial charge in [0.1, 0.15) is 0 Å². The average Bonchev–Trinajstić information content (AvgIpc) is 2.52. The fourth-order valence-electron chi connectivity index (χ4n) is 2.40. The number of aliphatic imine (C=N–C) groups is 1. The van der Waals surface area contributed by atoms with Gasteiger partial charge in [0.15, 0.2) is 5.96 Å². The maximum Gasteiger partial charge on any atom is 0.226 e. The molecular formula is C17H27IN4O. The van der Waals surface area contributed by atoms with Crippen LogP contribution in [0.3, 0.4) is 0 Å². The largest absolute Gasteiger partial charge is 0.370 e. The average molecular weight is 430 g/mol. The molecule has 6 heteroatoms. The van der Waals surface area contributed by atoms with Crippen molar-refractivity contribution in [3.8, 4) is 0 Å². The van der Waals surface area contributed by atoms with Gasteiger partial charge in [-0.15, -0.1) is 24.0 Å². The summed E-state index contributed by atoms with van der Waals surface area (Å²) in [7, 11) is 0. The van der Waals surface area contributed by atoms with Gasteiger partial charge in [-0.3, -0.25) is 4.79 Å². The number of amides is 1. The molecule has 2 rings (SSSR count). The second-order valence-electron chi connectivity index (χ2n) is 6.15. The third-order valence-electron chi connectivity index (χ3n) is 3.69. The third kappa shape index (κ3) is 6.37. The van der Waals surface area contributed by atoms with Crippen molar-refractivity contribution in [2.75, 3.05) is 18.0 Å². The Bertz CT molecular complexity index is 528. The standard InChI is InChI=1S/C17H26N4O.HI/c1-13(2)11-19-17(18)20-12-14-6-8-15(9-7-14)21-10-4-3-5-16(21)22;/h6-9,13H,3-5,10-12H2,1-2H3,(H3,18,19,20);1H. The van der Waals surface area contributed by atoms with Crippen LogP contribution in [0.25, 0.3) is 0 Å². The molecule has 1 aliphatic rings. The van der Waals surface area contributed by atoms with E-state index in [0.29, 0.717) is 24.8 Å². The molecule has 0 unspecified atom stereocenters. The van der Waals surface area contributed by atoms with Gasteiger partial charge >= 0.3 is 0 Å². The number of hydrogen-bond acceptors (Lipinski definition) is 2. The summed E-state index contributed by atoms with van der Waals surface area (Å²) in [6, 6.07) is 8.00. The fraction of sp³-hybridized carbons (Fsp3) is 0.529. The Morgan fingerprint density at radius 2 is 2.00 bits per heavy atom. The van der Waals surface area contributed by atoms with Crippen molar-refractivity contribution in [2.24, 2.45) is 16.6 Å². The lowest BCUT2D eigenvalue weighted by Crippen LogP contribution is -2.35. The first-order valence-corrected chi connectivity index (χ1v) is 7.99. The van der Waals surface area contributed by atoms with Gasteiger partial charge in [-0.2, -0.15) is 0 Å². The van der Waals surface area contributed by atoms with Gasteiger partial charge in [0, 0.05) is 25.2 Å². The lowest BCUT2D eigenvalue weighted by molar-refractivity contribution is -0.119. The molecule has 3 N–H and O–H groups in total. The number of carbonyl (C=O) groups excluding carboxylic acids is 1. The molecule has 0 atom stereocenters. The van der Waals surface area contributed by atoms with E-state index in [2.05, 4.69) is 24.2 Å². The fourth-order valence-corrected chi connectivity index (χ4v) is 2.40. The SMILES string of the molecule is CC(C)CNC(N)=NCc1ccc(N2CCCCC2=O)cc1.I. The monoisotopic (exact) mass is 430 g/mol. The quantitative estimate of drug-likeness (QED) is 0.429. The Hall–Kier alpha value is -1.31. The van der Waals surface area contributed by atoms with Crippen LogP contribution in [0.1, 0.15) is 38.7 Å². The number of piperidine rings is 1. The van der Waals surface area contributed by atoms with Crippen LogP contribution >= 0.6 is 24.0 Å². The van der Waals surface area contributed by atoms with E-state index in [1.165, 1.54) is 0 Å². The zero-order valence-corrected chi connectivity index (χ0v) is 16.2. The maximum atomic E-state index is 11.9.